The zero-order valence-corrected chi connectivity index (χ0v) is 22.5. The molecule has 0 radical (unpaired) electrons. The van der Waals surface area contributed by atoms with Crippen molar-refractivity contribution in [3.63, 3.8) is 0 Å². The quantitative estimate of drug-likeness (QED) is 0.241. The lowest BCUT2D eigenvalue weighted by atomic mass is 9.85. The number of nitrogens with zero attached hydrogens (tertiary/aromatic N) is 4. The number of carbonyl (C=O) groups excluding carboxylic acids is 1. The second kappa shape index (κ2) is 10.5. The Morgan fingerprint density at radius 3 is 2.76 bits per heavy atom. The van der Waals surface area contributed by atoms with E-state index in [1.54, 1.807) is 12.4 Å². The highest BCUT2D eigenvalue weighted by atomic mass is 16.1. The van der Waals surface area contributed by atoms with E-state index in [0.717, 1.165) is 88.3 Å². The lowest BCUT2D eigenvalue weighted by Crippen LogP contribution is -2.33. The summed E-state index contributed by atoms with van der Waals surface area (Å²) in [5.41, 5.74) is 15.6. The Morgan fingerprint density at radius 2 is 2.00 bits per heavy atom. The molecule has 1 aliphatic heterocycles. The molecule has 7 rings (SSSR count). The van der Waals surface area contributed by atoms with Gasteiger partial charge in [-0.3, -0.25) is 19.8 Å². The molecule has 5 heterocycles. The standard InChI is InChI=1S/C32H30N8O/c33-16-22(14-23(13-19-6-7-19)38-32(41)20-3-1-4-20)25-8-9-27-31(40-25)30(37-18-36-27)28-15-24-26(39-28)10-12-35-29(24)21-5-2-11-34-17-21/h2,5,8-17,20,36,39H,1,3-4,6-7,18,33H2,(H,38,41)/b22-16+,23-14+. The smallest absolute Gasteiger partial charge is 0.227 e. The number of fused-ring (bicyclic) bond motifs is 2. The van der Waals surface area contributed by atoms with Gasteiger partial charge in [-0.05, 0) is 74.2 Å². The van der Waals surface area contributed by atoms with Gasteiger partial charge in [-0.25, -0.2) is 4.98 Å². The van der Waals surface area contributed by atoms with Gasteiger partial charge in [0.05, 0.1) is 22.8 Å². The molecule has 9 heteroatoms. The van der Waals surface area contributed by atoms with Crippen molar-refractivity contribution in [1.29, 1.82) is 0 Å². The first-order valence-electron chi connectivity index (χ1n) is 14.0. The van der Waals surface area contributed by atoms with Crippen LogP contribution in [-0.2, 0) is 4.79 Å². The highest BCUT2D eigenvalue weighted by molar-refractivity contribution is 6.17. The lowest BCUT2D eigenvalue weighted by Gasteiger charge is -2.24. The third-order valence-corrected chi connectivity index (χ3v) is 7.79. The second-order valence-corrected chi connectivity index (χ2v) is 10.6. The normalized spacial score (nSPS) is 16.9. The van der Waals surface area contributed by atoms with E-state index in [0.29, 0.717) is 12.4 Å². The first-order valence-corrected chi connectivity index (χ1v) is 14.0. The van der Waals surface area contributed by atoms with Gasteiger partial charge in [0.2, 0.25) is 5.91 Å². The monoisotopic (exact) mass is 542 g/mol. The zero-order chi connectivity index (χ0) is 27.8. The van der Waals surface area contributed by atoms with Crippen LogP contribution in [0.4, 0.5) is 5.69 Å². The highest BCUT2D eigenvalue weighted by Crippen LogP contribution is 2.32. The number of amides is 1. The first-order chi connectivity index (χ1) is 20.2. The average molecular weight is 543 g/mol. The summed E-state index contributed by atoms with van der Waals surface area (Å²) >= 11 is 0. The van der Waals surface area contributed by atoms with E-state index in [4.69, 9.17) is 15.7 Å². The summed E-state index contributed by atoms with van der Waals surface area (Å²) < 4.78 is 0. The minimum absolute atomic E-state index is 0.0762. The molecule has 2 aliphatic carbocycles. The van der Waals surface area contributed by atoms with Crippen molar-refractivity contribution in [3.05, 3.63) is 102 Å². The number of anilines is 1. The van der Waals surface area contributed by atoms with Gasteiger partial charge in [0.1, 0.15) is 18.1 Å². The predicted octanol–water partition coefficient (Wildman–Crippen LogP) is 5.06. The van der Waals surface area contributed by atoms with Crippen LogP contribution in [0.25, 0.3) is 27.7 Å². The van der Waals surface area contributed by atoms with E-state index in [1.807, 2.05) is 42.6 Å². The summed E-state index contributed by atoms with van der Waals surface area (Å²) in [6.45, 7) is 0.441. The number of aromatic nitrogens is 4. The molecule has 2 fully saturated rings. The third-order valence-electron chi connectivity index (χ3n) is 7.79. The molecule has 0 atom stereocenters. The third kappa shape index (κ3) is 5.02. The Hall–Kier alpha value is -5.05. The van der Waals surface area contributed by atoms with E-state index < -0.39 is 0 Å². The van der Waals surface area contributed by atoms with Crippen molar-refractivity contribution in [3.8, 4) is 11.3 Å². The summed E-state index contributed by atoms with van der Waals surface area (Å²) in [5.74, 6) is 0.172. The molecule has 4 aromatic heterocycles. The Bertz CT molecular complexity index is 1770. The maximum absolute atomic E-state index is 12.7. The summed E-state index contributed by atoms with van der Waals surface area (Å²) in [7, 11) is 0. The SMILES string of the molecule is N/C=C(\C=C(/C=C1CC1)NC(=O)C1CCC1)c1ccc2c(n1)C(c1cc3c(-c4cccnc4)nccc3[nH]1)=NCN2. The summed E-state index contributed by atoms with van der Waals surface area (Å²) in [6.07, 6.45) is 16.0. The number of aliphatic imine (C=N–C) groups is 1. The van der Waals surface area contributed by atoms with Gasteiger partial charge in [0.25, 0.3) is 0 Å². The molecule has 2 saturated carbocycles. The fourth-order valence-electron chi connectivity index (χ4n) is 5.19. The number of aromatic amines is 1. The number of nitrogens with one attached hydrogen (secondary N) is 3. The maximum Gasteiger partial charge on any atom is 0.227 e. The highest BCUT2D eigenvalue weighted by Gasteiger charge is 2.26. The van der Waals surface area contributed by atoms with Gasteiger partial charge in [-0.2, -0.15) is 0 Å². The molecule has 5 N–H and O–H groups in total. The van der Waals surface area contributed by atoms with Crippen molar-refractivity contribution >= 4 is 33.8 Å². The van der Waals surface area contributed by atoms with Crippen LogP contribution in [0.15, 0.2) is 89.6 Å². The number of allylic oxidation sites excluding steroid dienone is 4. The Labute approximate surface area is 237 Å². The zero-order valence-electron chi connectivity index (χ0n) is 22.5. The predicted molar refractivity (Wildman–Crippen MR) is 161 cm³/mol. The molecular weight excluding hydrogens is 512 g/mol. The van der Waals surface area contributed by atoms with Gasteiger partial charge in [0, 0.05) is 58.4 Å². The van der Waals surface area contributed by atoms with Crippen molar-refractivity contribution in [1.82, 2.24) is 25.3 Å². The Kier molecular flexibility index (Phi) is 6.39. The number of hydrogen-bond donors (Lipinski definition) is 4. The van der Waals surface area contributed by atoms with Gasteiger partial charge in [-0.1, -0.05) is 12.0 Å². The van der Waals surface area contributed by atoms with Crippen molar-refractivity contribution in [2.75, 3.05) is 12.0 Å². The molecule has 3 aliphatic rings. The molecule has 4 aromatic rings. The van der Waals surface area contributed by atoms with Crippen LogP contribution < -0.4 is 16.4 Å². The van der Waals surface area contributed by atoms with Crippen LogP contribution in [0, 0.1) is 5.92 Å². The van der Waals surface area contributed by atoms with Gasteiger partial charge < -0.3 is 21.4 Å². The fraction of sp³-hybridized carbons (Fsp3) is 0.219. The lowest BCUT2D eigenvalue weighted by molar-refractivity contribution is -0.126. The van der Waals surface area contributed by atoms with Crippen LogP contribution in [0.2, 0.25) is 0 Å². The topological polar surface area (TPSA) is 134 Å². The molecule has 0 bridgehead atoms. The first kappa shape index (κ1) is 25.0. The van der Waals surface area contributed by atoms with E-state index in [2.05, 4.69) is 37.7 Å². The number of nitrogens with two attached hydrogens (primary N) is 1. The number of H-pyrrole nitrogens is 1. The molecule has 0 unspecified atom stereocenters. The van der Waals surface area contributed by atoms with Gasteiger partial charge >= 0.3 is 0 Å². The molecular formula is C32H30N8O. The van der Waals surface area contributed by atoms with Crippen molar-refractivity contribution in [2.45, 2.75) is 32.1 Å². The average Bonchev–Trinajstić information content (AvgIpc) is 3.68. The molecule has 0 spiro atoms. The van der Waals surface area contributed by atoms with E-state index >= 15 is 0 Å². The Balaban J connectivity index is 1.24. The van der Waals surface area contributed by atoms with Crippen LogP contribution in [-0.4, -0.2) is 38.2 Å². The molecule has 0 aromatic carbocycles. The summed E-state index contributed by atoms with van der Waals surface area (Å²) in [6, 6.07) is 11.9. The number of hydrogen-bond acceptors (Lipinski definition) is 7. The van der Waals surface area contributed by atoms with Crippen molar-refractivity contribution in [2.24, 2.45) is 16.6 Å². The van der Waals surface area contributed by atoms with Crippen LogP contribution in [0.5, 0.6) is 0 Å². The summed E-state index contributed by atoms with van der Waals surface area (Å²) in [4.78, 5) is 35.0. The Morgan fingerprint density at radius 1 is 1.10 bits per heavy atom. The van der Waals surface area contributed by atoms with Crippen molar-refractivity contribution < 1.29 is 4.79 Å². The van der Waals surface area contributed by atoms with E-state index in [1.165, 1.54) is 11.8 Å². The molecule has 204 valence electrons. The van der Waals surface area contributed by atoms with Crippen LogP contribution in [0.1, 0.15) is 49.2 Å². The molecule has 1 amide bonds. The minimum Gasteiger partial charge on any atom is -0.404 e. The molecule has 41 heavy (non-hydrogen) atoms. The van der Waals surface area contributed by atoms with Gasteiger partial charge in [-0.15, -0.1) is 0 Å². The van der Waals surface area contributed by atoms with Crippen LogP contribution >= 0.6 is 0 Å². The second-order valence-electron chi connectivity index (χ2n) is 10.6. The van der Waals surface area contributed by atoms with E-state index in [-0.39, 0.29) is 11.8 Å². The van der Waals surface area contributed by atoms with E-state index in [9.17, 15) is 4.79 Å². The molecule has 0 saturated heterocycles. The van der Waals surface area contributed by atoms with Crippen LogP contribution in [0.3, 0.4) is 0 Å². The number of carbonyl (C=O) groups is 1. The largest absolute Gasteiger partial charge is 0.404 e. The maximum atomic E-state index is 12.7. The number of rotatable bonds is 7. The number of pyridine rings is 3. The summed E-state index contributed by atoms with van der Waals surface area (Å²) in [5, 5.41) is 7.44. The van der Waals surface area contributed by atoms with Gasteiger partial charge in [0.15, 0.2) is 0 Å². The minimum atomic E-state index is 0.0762. The fourth-order valence-corrected chi connectivity index (χ4v) is 5.19. The molecule has 9 nitrogen and oxygen atoms in total.